The molecule has 0 bridgehead atoms. The van der Waals surface area contributed by atoms with Crippen LogP contribution in [0, 0.1) is 0 Å². The standard InChI is InChI=1S/C26H28N3OP/c1-5-18-27(2)31(30)28(3)23-16-14-19-10-6-8-12-21(19)25(23)26-22-13-9-7-11-20(22)15-17-24(26)29(31)4/h6-17H,5,18H2,1-4H3. The van der Waals surface area contributed by atoms with Gasteiger partial charge in [-0.2, -0.15) is 0 Å². The van der Waals surface area contributed by atoms with E-state index in [2.05, 4.69) is 79.7 Å². The first-order valence-corrected chi connectivity index (χ1v) is 12.4. The second kappa shape index (κ2) is 7.40. The fourth-order valence-electron chi connectivity index (χ4n) is 4.98. The Hall–Kier alpha value is -2.81. The smallest absolute Gasteiger partial charge is 0.297 e. The Bertz CT molecular complexity index is 1250. The van der Waals surface area contributed by atoms with Crippen molar-refractivity contribution < 1.29 is 4.57 Å². The lowest BCUT2D eigenvalue weighted by Crippen LogP contribution is -2.36. The van der Waals surface area contributed by atoms with Crippen LogP contribution in [0.4, 0.5) is 11.4 Å². The number of anilines is 2. The Kier molecular flexibility index (Phi) is 4.80. The van der Waals surface area contributed by atoms with Gasteiger partial charge in [0.15, 0.2) is 0 Å². The van der Waals surface area contributed by atoms with Gasteiger partial charge in [-0.15, -0.1) is 0 Å². The molecule has 4 aromatic carbocycles. The Balaban J connectivity index is 1.97. The van der Waals surface area contributed by atoms with Crippen molar-refractivity contribution in [1.29, 1.82) is 0 Å². The van der Waals surface area contributed by atoms with E-state index in [1.807, 2.05) is 35.2 Å². The zero-order valence-corrected chi connectivity index (χ0v) is 19.4. The average Bonchev–Trinajstić information content (AvgIpc) is 2.88. The molecule has 5 heteroatoms. The van der Waals surface area contributed by atoms with E-state index in [9.17, 15) is 4.57 Å². The second-order valence-corrected chi connectivity index (χ2v) is 11.2. The van der Waals surface area contributed by atoms with E-state index < -0.39 is 7.59 Å². The lowest BCUT2D eigenvalue weighted by molar-refractivity contribution is 0.462. The summed E-state index contributed by atoms with van der Waals surface area (Å²) in [4.78, 5) is 0. The molecule has 1 aliphatic heterocycles. The largest absolute Gasteiger partial charge is 0.334 e. The van der Waals surface area contributed by atoms with Crippen LogP contribution >= 0.6 is 7.59 Å². The van der Waals surface area contributed by atoms with E-state index in [4.69, 9.17) is 0 Å². The summed E-state index contributed by atoms with van der Waals surface area (Å²) in [6, 6.07) is 25.5. The molecule has 1 heterocycles. The van der Waals surface area contributed by atoms with Crippen LogP contribution in [0.25, 0.3) is 32.7 Å². The van der Waals surface area contributed by atoms with E-state index in [0.717, 1.165) is 35.5 Å². The zero-order chi connectivity index (χ0) is 21.8. The predicted molar refractivity (Wildman–Crippen MR) is 134 cm³/mol. The molecule has 4 nitrogen and oxygen atoms in total. The van der Waals surface area contributed by atoms with Crippen LogP contribution in [0.15, 0.2) is 72.8 Å². The first kappa shape index (κ1) is 20.1. The van der Waals surface area contributed by atoms with E-state index in [1.165, 1.54) is 21.5 Å². The predicted octanol–water partition coefficient (Wildman–Crippen LogP) is 7.00. The van der Waals surface area contributed by atoms with Gasteiger partial charge in [-0.3, -0.25) is 13.9 Å². The Morgan fingerprint density at radius 1 is 0.742 bits per heavy atom. The lowest BCUT2D eigenvalue weighted by Gasteiger charge is -2.41. The van der Waals surface area contributed by atoms with Gasteiger partial charge in [-0.1, -0.05) is 67.6 Å². The molecule has 1 aliphatic rings. The zero-order valence-electron chi connectivity index (χ0n) is 18.5. The minimum absolute atomic E-state index is 0.762. The summed E-state index contributed by atoms with van der Waals surface area (Å²) in [5, 5.41) is 4.75. The molecule has 0 radical (unpaired) electrons. The third-order valence-corrected chi connectivity index (χ3v) is 9.62. The summed E-state index contributed by atoms with van der Waals surface area (Å²) in [7, 11) is 2.86. The molecule has 158 valence electrons. The minimum Gasteiger partial charge on any atom is -0.297 e. The fourth-order valence-corrected chi connectivity index (χ4v) is 7.65. The quantitative estimate of drug-likeness (QED) is 0.328. The highest BCUT2D eigenvalue weighted by atomic mass is 31.2. The number of fused-ring (bicyclic) bond motifs is 7. The van der Waals surface area contributed by atoms with Crippen molar-refractivity contribution in [2.45, 2.75) is 13.3 Å². The molecule has 0 N–H and O–H groups in total. The summed E-state index contributed by atoms with van der Waals surface area (Å²) in [6.07, 6.45) is 0.942. The summed E-state index contributed by atoms with van der Waals surface area (Å²) in [5.74, 6) is 0. The number of rotatable bonds is 3. The van der Waals surface area contributed by atoms with Crippen LogP contribution in [0.3, 0.4) is 0 Å². The minimum atomic E-state index is -3.07. The van der Waals surface area contributed by atoms with Gasteiger partial charge in [0, 0.05) is 31.8 Å². The molecule has 0 fully saturated rings. The highest BCUT2D eigenvalue weighted by molar-refractivity contribution is 7.64. The van der Waals surface area contributed by atoms with Crippen molar-refractivity contribution in [3.8, 4) is 11.1 Å². The van der Waals surface area contributed by atoms with Crippen LogP contribution in [0.5, 0.6) is 0 Å². The first-order valence-electron chi connectivity index (χ1n) is 10.8. The molecule has 0 saturated heterocycles. The van der Waals surface area contributed by atoms with Crippen LogP contribution in [0.1, 0.15) is 13.3 Å². The summed E-state index contributed by atoms with van der Waals surface area (Å²) in [6.45, 7) is 2.89. The maximum Gasteiger partial charge on any atom is 0.334 e. The van der Waals surface area contributed by atoms with Gasteiger partial charge < -0.3 is 0 Å². The first-order chi connectivity index (χ1) is 15.0. The van der Waals surface area contributed by atoms with E-state index in [0.29, 0.717) is 0 Å². The summed E-state index contributed by atoms with van der Waals surface area (Å²) in [5.41, 5.74) is 4.32. The maximum atomic E-state index is 14.8. The van der Waals surface area contributed by atoms with Crippen molar-refractivity contribution >= 4 is 40.5 Å². The van der Waals surface area contributed by atoms with Crippen LogP contribution in [-0.2, 0) is 4.57 Å². The fraction of sp³-hybridized carbons (Fsp3) is 0.231. The van der Waals surface area contributed by atoms with Gasteiger partial charge in [-0.05, 0) is 47.1 Å². The Labute approximate surface area is 184 Å². The van der Waals surface area contributed by atoms with Crippen LogP contribution in [-0.4, -0.2) is 32.4 Å². The molecular weight excluding hydrogens is 401 g/mol. The van der Waals surface area contributed by atoms with Gasteiger partial charge in [-0.25, -0.2) is 4.67 Å². The monoisotopic (exact) mass is 429 g/mol. The normalized spacial score (nSPS) is 15.3. The summed E-state index contributed by atoms with van der Waals surface area (Å²) >= 11 is 0. The third-order valence-electron chi connectivity index (χ3n) is 6.53. The van der Waals surface area contributed by atoms with E-state index in [-0.39, 0.29) is 0 Å². The van der Waals surface area contributed by atoms with Gasteiger partial charge >= 0.3 is 7.59 Å². The van der Waals surface area contributed by atoms with Crippen molar-refractivity contribution in [2.24, 2.45) is 0 Å². The third kappa shape index (κ3) is 2.82. The molecule has 0 aromatic heterocycles. The van der Waals surface area contributed by atoms with Crippen LogP contribution in [0.2, 0.25) is 0 Å². The molecule has 5 rings (SSSR count). The lowest BCUT2D eigenvalue weighted by atomic mass is 9.91. The molecule has 0 aliphatic carbocycles. The average molecular weight is 430 g/mol. The number of hydrogen-bond donors (Lipinski definition) is 0. The van der Waals surface area contributed by atoms with E-state index in [1.54, 1.807) is 0 Å². The van der Waals surface area contributed by atoms with Gasteiger partial charge in [0.25, 0.3) is 0 Å². The van der Waals surface area contributed by atoms with E-state index >= 15 is 0 Å². The molecule has 0 amide bonds. The maximum absolute atomic E-state index is 14.8. The van der Waals surface area contributed by atoms with Crippen molar-refractivity contribution in [3.63, 3.8) is 0 Å². The molecular formula is C26H28N3OP. The molecule has 0 unspecified atom stereocenters. The molecule has 0 saturated carbocycles. The molecule has 4 aromatic rings. The summed E-state index contributed by atoms with van der Waals surface area (Å²) < 4.78 is 20.8. The molecule has 0 spiro atoms. The van der Waals surface area contributed by atoms with Gasteiger partial charge in [0.2, 0.25) is 0 Å². The number of nitrogens with zero attached hydrogens (tertiary/aromatic N) is 3. The second-order valence-electron chi connectivity index (χ2n) is 8.30. The Morgan fingerprint density at radius 3 is 1.65 bits per heavy atom. The highest BCUT2D eigenvalue weighted by Gasteiger charge is 2.42. The van der Waals surface area contributed by atoms with Crippen LogP contribution < -0.4 is 9.34 Å². The van der Waals surface area contributed by atoms with Gasteiger partial charge in [0.05, 0.1) is 11.4 Å². The number of hydrogen-bond acceptors (Lipinski definition) is 1. The van der Waals surface area contributed by atoms with Crippen molar-refractivity contribution in [3.05, 3.63) is 72.8 Å². The number of benzene rings is 4. The van der Waals surface area contributed by atoms with Crippen molar-refractivity contribution in [1.82, 2.24) is 4.67 Å². The Morgan fingerprint density at radius 2 is 1.19 bits per heavy atom. The SMILES string of the molecule is CCCN(C)P1(=O)N(C)c2ccc3ccccc3c2-c2c(ccc3ccccc23)N1C. The molecule has 0 atom stereocenters. The molecule has 31 heavy (non-hydrogen) atoms. The van der Waals surface area contributed by atoms with Gasteiger partial charge in [0.1, 0.15) is 0 Å². The topological polar surface area (TPSA) is 26.8 Å². The van der Waals surface area contributed by atoms with Crippen molar-refractivity contribution in [2.75, 3.05) is 37.0 Å². The highest BCUT2D eigenvalue weighted by Crippen LogP contribution is 2.63.